The third kappa shape index (κ3) is 5.27. The molecule has 0 fully saturated rings. The van der Waals surface area contributed by atoms with Crippen LogP contribution < -0.4 is 5.32 Å². The molecule has 1 amide bonds. The molecule has 0 radical (unpaired) electrons. The molecule has 0 aliphatic rings. The summed E-state index contributed by atoms with van der Waals surface area (Å²) in [5, 5.41) is 13.9. The second kappa shape index (κ2) is 10.9. The van der Waals surface area contributed by atoms with Crippen molar-refractivity contribution in [3.8, 4) is 6.07 Å². The number of halogens is 1. The Morgan fingerprint density at radius 1 is 1.17 bits per heavy atom. The highest BCUT2D eigenvalue weighted by Crippen LogP contribution is 2.33. The van der Waals surface area contributed by atoms with Gasteiger partial charge in [0.05, 0.1) is 12.2 Å². The maximum Gasteiger partial charge on any atom is 0.341 e. The predicted octanol–water partition coefficient (Wildman–Crippen LogP) is 6.85. The third-order valence-electron chi connectivity index (χ3n) is 5.84. The molecular formula is C28H24BrN3O3S. The number of rotatable bonds is 7. The summed E-state index contributed by atoms with van der Waals surface area (Å²) in [6, 6.07) is 18.0. The molecule has 182 valence electrons. The van der Waals surface area contributed by atoms with Crippen LogP contribution in [0.3, 0.4) is 0 Å². The Hall–Kier alpha value is -3.67. The highest BCUT2D eigenvalue weighted by Gasteiger charge is 2.23. The fourth-order valence-electron chi connectivity index (χ4n) is 3.95. The number of aromatic nitrogens is 1. The first-order valence-electron chi connectivity index (χ1n) is 11.3. The van der Waals surface area contributed by atoms with Gasteiger partial charge >= 0.3 is 5.97 Å². The summed E-state index contributed by atoms with van der Waals surface area (Å²) in [4.78, 5) is 26.5. The lowest BCUT2D eigenvalue weighted by atomic mass is 10.1. The number of ether oxygens (including phenoxy) is 1. The van der Waals surface area contributed by atoms with Crippen LogP contribution in [-0.4, -0.2) is 23.1 Å². The van der Waals surface area contributed by atoms with Crippen molar-refractivity contribution in [3.05, 3.63) is 91.9 Å². The number of nitriles is 1. The molecule has 0 unspecified atom stereocenters. The zero-order chi connectivity index (χ0) is 25.8. The zero-order valence-corrected chi connectivity index (χ0v) is 22.5. The Labute approximate surface area is 221 Å². The molecule has 0 bridgehead atoms. The van der Waals surface area contributed by atoms with Crippen molar-refractivity contribution < 1.29 is 14.3 Å². The first-order valence-corrected chi connectivity index (χ1v) is 13.0. The minimum Gasteiger partial charge on any atom is -0.462 e. The highest BCUT2D eigenvalue weighted by molar-refractivity contribution is 9.10. The van der Waals surface area contributed by atoms with Crippen LogP contribution >= 0.6 is 27.3 Å². The number of benzene rings is 2. The van der Waals surface area contributed by atoms with Gasteiger partial charge in [0.25, 0.3) is 5.91 Å². The number of nitrogens with one attached hydrogen (secondary N) is 1. The number of anilines is 1. The lowest BCUT2D eigenvalue weighted by Crippen LogP contribution is -2.16. The van der Waals surface area contributed by atoms with Gasteiger partial charge in [-0.25, -0.2) is 4.79 Å². The summed E-state index contributed by atoms with van der Waals surface area (Å²) in [5.74, 6) is -1.07. The van der Waals surface area contributed by atoms with E-state index in [4.69, 9.17) is 4.74 Å². The fourth-order valence-corrected chi connectivity index (χ4v) is 5.25. The van der Waals surface area contributed by atoms with Gasteiger partial charge in [-0.05, 0) is 56.2 Å². The highest BCUT2D eigenvalue weighted by atomic mass is 79.9. The SMILES string of the molecule is CCOC(=O)c1c(NC(=O)/C(C#N)=C/c2cn(Cc3ccc(Br)cc3)c3ccccc23)sc(C)c1C. The number of hydrogen-bond donors (Lipinski definition) is 1. The van der Waals surface area contributed by atoms with E-state index < -0.39 is 11.9 Å². The van der Waals surface area contributed by atoms with Crippen LogP contribution in [0.2, 0.25) is 0 Å². The summed E-state index contributed by atoms with van der Waals surface area (Å²) in [6.07, 6.45) is 3.54. The number of esters is 1. The molecule has 2 aromatic carbocycles. The topological polar surface area (TPSA) is 84.1 Å². The lowest BCUT2D eigenvalue weighted by molar-refractivity contribution is -0.112. The van der Waals surface area contributed by atoms with Crippen molar-refractivity contribution in [1.29, 1.82) is 5.26 Å². The molecule has 36 heavy (non-hydrogen) atoms. The molecule has 4 aromatic rings. The lowest BCUT2D eigenvalue weighted by Gasteiger charge is -2.06. The van der Waals surface area contributed by atoms with Crippen molar-refractivity contribution in [2.24, 2.45) is 0 Å². The Morgan fingerprint density at radius 2 is 1.89 bits per heavy atom. The van der Waals surface area contributed by atoms with Gasteiger partial charge in [-0.1, -0.05) is 46.3 Å². The molecule has 6 nitrogen and oxygen atoms in total. The number of aryl methyl sites for hydroxylation is 1. The molecule has 1 N–H and O–H groups in total. The van der Waals surface area contributed by atoms with E-state index in [1.54, 1.807) is 13.0 Å². The van der Waals surface area contributed by atoms with Gasteiger partial charge in [0.15, 0.2) is 0 Å². The van der Waals surface area contributed by atoms with E-state index in [-0.39, 0.29) is 12.2 Å². The number of carbonyl (C=O) groups is 2. The molecule has 2 aromatic heterocycles. The summed E-state index contributed by atoms with van der Waals surface area (Å²) in [6.45, 7) is 6.30. The maximum atomic E-state index is 13.1. The molecule has 0 aliphatic carbocycles. The van der Waals surface area contributed by atoms with E-state index in [0.717, 1.165) is 36.9 Å². The second-order valence-electron chi connectivity index (χ2n) is 8.19. The number of amides is 1. The van der Waals surface area contributed by atoms with Crippen molar-refractivity contribution in [1.82, 2.24) is 4.57 Å². The Balaban J connectivity index is 1.67. The largest absolute Gasteiger partial charge is 0.462 e. The van der Waals surface area contributed by atoms with Gasteiger partial charge in [-0.15, -0.1) is 11.3 Å². The molecule has 0 atom stereocenters. The summed E-state index contributed by atoms with van der Waals surface area (Å²) in [5.41, 5.74) is 3.92. The van der Waals surface area contributed by atoms with Gasteiger partial charge in [0.1, 0.15) is 16.6 Å². The van der Waals surface area contributed by atoms with Crippen LogP contribution in [0.15, 0.2) is 64.8 Å². The molecule has 0 saturated carbocycles. The van der Waals surface area contributed by atoms with Crippen molar-refractivity contribution in [2.75, 3.05) is 11.9 Å². The maximum absolute atomic E-state index is 13.1. The molecule has 0 spiro atoms. The number of fused-ring (bicyclic) bond motifs is 1. The van der Waals surface area contributed by atoms with Gasteiger partial charge in [0, 0.05) is 38.6 Å². The molecule has 0 saturated heterocycles. The van der Waals surface area contributed by atoms with Crippen LogP contribution in [0.25, 0.3) is 17.0 Å². The molecule has 4 rings (SSSR count). The minimum absolute atomic E-state index is 0.0555. The smallest absolute Gasteiger partial charge is 0.341 e. The Morgan fingerprint density at radius 3 is 2.58 bits per heavy atom. The van der Waals surface area contributed by atoms with E-state index in [9.17, 15) is 14.9 Å². The van der Waals surface area contributed by atoms with E-state index in [1.165, 1.54) is 11.3 Å². The molecule has 2 heterocycles. The van der Waals surface area contributed by atoms with E-state index in [0.29, 0.717) is 17.1 Å². The quantitative estimate of drug-likeness (QED) is 0.152. The molecular weight excluding hydrogens is 538 g/mol. The Bertz CT molecular complexity index is 1520. The van der Waals surface area contributed by atoms with Gasteiger partial charge in [0.2, 0.25) is 0 Å². The average Bonchev–Trinajstić information content (AvgIpc) is 3.35. The standard InChI is InChI=1S/C28H24BrN3O3S/c1-4-35-28(34)25-17(2)18(3)36-27(25)31-26(33)20(14-30)13-21-16-32(24-8-6-5-7-23(21)24)15-19-9-11-22(29)12-10-19/h5-13,16H,4,15H2,1-3H3,(H,31,33)/b20-13+. The number of hydrogen-bond acceptors (Lipinski definition) is 5. The van der Waals surface area contributed by atoms with E-state index >= 15 is 0 Å². The normalized spacial score (nSPS) is 11.4. The van der Waals surface area contributed by atoms with Crippen LogP contribution in [0.1, 0.15) is 38.8 Å². The minimum atomic E-state index is -0.575. The number of carbonyl (C=O) groups excluding carboxylic acids is 2. The predicted molar refractivity (Wildman–Crippen MR) is 147 cm³/mol. The summed E-state index contributed by atoms with van der Waals surface area (Å²) >= 11 is 4.75. The monoisotopic (exact) mass is 561 g/mol. The second-order valence-corrected chi connectivity index (χ2v) is 10.3. The average molecular weight is 562 g/mol. The number of thiophene rings is 1. The Kier molecular flexibility index (Phi) is 7.73. The van der Waals surface area contributed by atoms with Crippen molar-refractivity contribution in [2.45, 2.75) is 27.3 Å². The molecule has 8 heteroatoms. The van der Waals surface area contributed by atoms with E-state index in [1.807, 2.05) is 62.5 Å². The summed E-state index contributed by atoms with van der Waals surface area (Å²) in [7, 11) is 0. The van der Waals surface area contributed by atoms with E-state index in [2.05, 4.69) is 37.9 Å². The first kappa shape index (κ1) is 25.4. The van der Waals surface area contributed by atoms with Crippen LogP contribution in [0, 0.1) is 25.2 Å². The van der Waals surface area contributed by atoms with Crippen LogP contribution in [0.4, 0.5) is 5.00 Å². The van der Waals surface area contributed by atoms with Gasteiger partial charge < -0.3 is 14.6 Å². The van der Waals surface area contributed by atoms with Crippen molar-refractivity contribution >= 4 is 61.1 Å². The zero-order valence-electron chi connectivity index (χ0n) is 20.1. The first-order chi connectivity index (χ1) is 17.3. The fraction of sp³-hybridized carbons (Fsp3) is 0.179. The van der Waals surface area contributed by atoms with Crippen LogP contribution in [0.5, 0.6) is 0 Å². The van der Waals surface area contributed by atoms with Gasteiger partial charge in [-0.2, -0.15) is 5.26 Å². The number of nitrogens with zero attached hydrogens (tertiary/aromatic N) is 2. The van der Waals surface area contributed by atoms with Crippen LogP contribution in [-0.2, 0) is 16.1 Å². The van der Waals surface area contributed by atoms with Gasteiger partial charge in [-0.3, -0.25) is 4.79 Å². The number of para-hydroxylation sites is 1. The summed E-state index contributed by atoms with van der Waals surface area (Å²) < 4.78 is 8.28. The molecule has 0 aliphatic heterocycles. The third-order valence-corrected chi connectivity index (χ3v) is 7.49. The van der Waals surface area contributed by atoms with Crippen molar-refractivity contribution in [3.63, 3.8) is 0 Å².